The summed E-state index contributed by atoms with van der Waals surface area (Å²) >= 11 is 6.06. The normalized spacial score (nSPS) is 17.8. The zero-order valence-corrected chi connectivity index (χ0v) is 17.8. The number of aryl methyl sites for hydroxylation is 1. The van der Waals surface area contributed by atoms with Crippen LogP contribution in [0.25, 0.3) is 0 Å². The first-order valence-electron chi connectivity index (χ1n) is 9.90. The summed E-state index contributed by atoms with van der Waals surface area (Å²) in [5.41, 5.74) is 2.37. The molecule has 0 aliphatic carbocycles. The largest absolute Gasteiger partial charge is 0.334 e. The fourth-order valence-electron chi connectivity index (χ4n) is 3.66. The number of urea groups is 1. The van der Waals surface area contributed by atoms with Gasteiger partial charge in [0.2, 0.25) is 11.8 Å². The predicted molar refractivity (Wildman–Crippen MR) is 115 cm³/mol. The lowest BCUT2D eigenvalue weighted by atomic mass is 10.0. The lowest BCUT2D eigenvalue weighted by Gasteiger charge is -2.27. The summed E-state index contributed by atoms with van der Waals surface area (Å²) in [5, 5.41) is 8.04. The van der Waals surface area contributed by atoms with Gasteiger partial charge >= 0.3 is 6.03 Å². The summed E-state index contributed by atoms with van der Waals surface area (Å²) in [6, 6.07) is 8.31. The molecule has 2 aliphatic rings. The number of hydrogen-bond acceptors (Lipinski definition) is 5. The average molecular weight is 455 g/mol. The monoisotopic (exact) mass is 454 g/mol. The number of fused-ring (bicyclic) bond motifs is 1. The minimum absolute atomic E-state index is 0.0558. The van der Waals surface area contributed by atoms with Gasteiger partial charge in [0.15, 0.2) is 0 Å². The number of piperidine rings is 1. The van der Waals surface area contributed by atoms with Gasteiger partial charge in [0, 0.05) is 23.7 Å². The highest BCUT2D eigenvalue weighted by molar-refractivity contribution is 6.31. The van der Waals surface area contributed by atoms with Crippen LogP contribution in [0.4, 0.5) is 10.5 Å². The van der Waals surface area contributed by atoms with Crippen molar-refractivity contribution in [3.05, 3.63) is 63.7 Å². The number of carbonyl (C=O) groups excluding carboxylic acids is 5. The number of anilines is 1. The number of nitrogens with one attached hydrogen (secondary N) is 3. The fraction of sp³-hybridized carbons (Fsp3) is 0.227. The predicted octanol–water partition coefficient (Wildman–Crippen LogP) is 2.37. The maximum atomic E-state index is 12.9. The van der Waals surface area contributed by atoms with E-state index in [2.05, 4.69) is 16.0 Å². The van der Waals surface area contributed by atoms with Crippen LogP contribution in [0.5, 0.6) is 0 Å². The van der Waals surface area contributed by atoms with E-state index >= 15 is 0 Å². The van der Waals surface area contributed by atoms with E-state index in [0.717, 1.165) is 10.5 Å². The Labute approximate surface area is 188 Å². The highest BCUT2D eigenvalue weighted by Gasteiger charge is 2.44. The summed E-state index contributed by atoms with van der Waals surface area (Å²) < 4.78 is 0. The minimum Gasteiger partial charge on any atom is -0.334 e. The third-order valence-electron chi connectivity index (χ3n) is 5.39. The van der Waals surface area contributed by atoms with Crippen LogP contribution in [-0.2, 0) is 16.1 Å². The van der Waals surface area contributed by atoms with Crippen molar-refractivity contribution in [1.29, 1.82) is 0 Å². The van der Waals surface area contributed by atoms with E-state index in [-0.39, 0.29) is 30.5 Å². The van der Waals surface area contributed by atoms with E-state index < -0.39 is 35.7 Å². The zero-order valence-electron chi connectivity index (χ0n) is 17.0. The highest BCUT2D eigenvalue weighted by atomic mass is 35.5. The van der Waals surface area contributed by atoms with Crippen LogP contribution in [0.2, 0.25) is 5.02 Å². The van der Waals surface area contributed by atoms with Gasteiger partial charge in [-0.1, -0.05) is 23.7 Å². The van der Waals surface area contributed by atoms with Crippen LogP contribution in [0.1, 0.15) is 44.7 Å². The Hall–Kier alpha value is -3.72. The molecule has 164 valence electrons. The van der Waals surface area contributed by atoms with Crippen molar-refractivity contribution in [1.82, 2.24) is 15.5 Å². The molecule has 6 amide bonds. The Morgan fingerprint density at radius 3 is 2.56 bits per heavy atom. The Balaban J connectivity index is 1.43. The molecular formula is C22H19ClN4O5. The number of imide groups is 2. The first kappa shape index (κ1) is 21.5. The Kier molecular flexibility index (Phi) is 5.67. The molecule has 0 radical (unpaired) electrons. The maximum Gasteiger partial charge on any atom is 0.319 e. The molecule has 3 N–H and O–H groups in total. The molecule has 0 spiro atoms. The molecule has 32 heavy (non-hydrogen) atoms. The van der Waals surface area contributed by atoms with Crippen molar-refractivity contribution in [3.63, 3.8) is 0 Å². The van der Waals surface area contributed by atoms with E-state index in [0.29, 0.717) is 16.3 Å². The van der Waals surface area contributed by atoms with Crippen LogP contribution in [0, 0.1) is 6.92 Å². The maximum absolute atomic E-state index is 12.9. The van der Waals surface area contributed by atoms with E-state index in [1.165, 1.54) is 12.1 Å². The van der Waals surface area contributed by atoms with Crippen molar-refractivity contribution >= 4 is 46.9 Å². The summed E-state index contributed by atoms with van der Waals surface area (Å²) in [6.07, 6.45) is 0.147. The summed E-state index contributed by atoms with van der Waals surface area (Å²) in [5.74, 6) is -2.26. The second-order valence-electron chi connectivity index (χ2n) is 7.60. The van der Waals surface area contributed by atoms with Gasteiger partial charge in [0.05, 0.1) is 11.1 Å². The SMILES string of the molecule is Cc1ccc(NC(=O)NCc2ccc3c(c2)C(=O)N(C2CCC(=O)NC2=O)C3=O)cc1Cl. The van der Waals surface area contributed by atoms with Crippen LogP contribution < -0.4 is 16.0 Å². The molecule has 1 atom stereocenters. The molecule has 2 aromatic rings. The first-order chi connectivity index (χ1) is 15.2. The molecule has 1 saturated heterocycles. The molecule has 9 nitrogen and oxygen atoms in total. The van der Waals surface area contributed by atoms with E-state index in [1.807, 2.05) is 6.92 Å². The third-order valence-corrected chi connectivity index (χ3v) is 5.79. The smallest absolute Gasteiger partial charge is 0.319 e. The van der Waals surface area contributed by atoms with Crippen molar-refractivity contribution < 1.29 is 24.0 Å². The molecule has 0 aromatic heterocycles. The molecule has 2 aromatic carbocycles. The Morgan fingerprint density at radius 2 is 1.84 bits per heavy atom. The Morgan fingerprint density at radius 1 is 1.09 bits per heavy atom. The average Bonchev–Trinajstić information content (AvgIpc) is 2.99. The number of hydrogen-bond donors (Lipinski definition) is 3. The van der Waals surface area contributed by atoms with E-state index in [1.54, 1.807) is 24.3 Å². The van der Waals surface area contributed by atoms with Crippen molar-refractivity contribution in [2.75, 3.05) is 5.32 Å². The zero-order chi connectivity index (χ0) is 23.0. The topological polar surface area (TPSA) is 125 Å². The number of benzene rings is 2. The number of rotatable bonds is 4. The molecule has 4 rings (SSSR count). The highest BCUT2D eigenvalue weighted by Crippen LogP contribution is 2.28. The van der Waals surface area contributed by atoms with Crippen LogP contribution in [0.3, 0.4) is 0 Å². The molecule has 0 bridgehead atoms. The molecule has 1 fully saturated rings. The molecule has 1 unspecified atom stereocenters. The lowest BCUT2D eigenvalue weighted by Crippen LogP contribution is -2.54. The van der Waals surface area contributed by atoms with Gasteiger partial charge in [0.25, 0.3) is 11.8 Å². The van der Waals surface area contributed by atoms with Gasteiger partial charge in [-0.15, -0.1) is 0 Å². The minimum atomic E-state index is -1.02. The van der Waals surface area contributed by atoms with Crippen LogP contribution in [0.15, 0.2) is 36.4 Å². The lowest BCUT2D eigenvalue weighted by molar-refractivity contribution is -0.136. The third kappa shape index (κ3) is 4.06. The van der Waals surface area contributed by atoms with Gasteiger partial charge in [-0.2, -0.15) is 0 Å². The quantitative estimate of drug-likeness (QED) is 0.612. The Bertz CT molecular complexity index is 1180. The molecule has 2 heterocycles. The second-order valence-corrected chi connectivity index (χ2v) is 8.01. The standard InChI is InChI=1S/C22H19ClN4O5/c1-11-2-4-13(9-16(11)23)25-22(32)24-10-12-3-5-14-15(8-12)21(31)27(20(14)30)17-6-7-18(28)26-19(17)29/h2-5,8-9,17H,6-7,10H2,1H3,(H2,24,25,32)(H,26,28,29). The molecule has 2 aliphatic heterocycles. The van der Waals surface area contributed by atoms with Gasteiger partial charge < -0.3 is 10.6 Å². The fourth-order valence-corrected chi connectivity index (χ4v) is 3.84. The van der Waals surface area contributed by atoms with E-state index in [9.17, 15) is 24.0 Å². The van der Waals surface area contributed by atoms with Crippen molar-refractivity contribution in [2.45, 2.75) is 32.4 Å². The summed E-state index contributed by atoms with van der Waals surface area (Å²) in [4.78, 5) is 62.1. The van der Waals surface area contributed by atoms with Crippen LogP contribution in [-0.4, -0.2) is 40.6 Å². The van der Waals surface area contributed by atoms with Crippen molar-refractivity contribution in [3.8, 4) is 0 Å². The van der Waals surface area contributed by atoms with Gasteiger partial charge in [-0.3, -0.25) is 29.4 Å². The number of amides is 6. The number of carbonyl (C=O) groups is 5. The second kappa shape index (κ2) is 8.43. The molecular weight excluding hydrogens is 436 g/mol. The number of nitrogens with zero attached hydrogens (tertiary/aromatic N) is 1. The van der Waals surface area contributed by atoms with Crippen LogP contribution >= 0.6 is 11.6 Å². The summed E-state index contributed by atoms with van der Waals surface area (Å²) in [6.45, 7) is 1.96. The summed E-state index contributed by atoms with van der Waals surface area (Å²) in [7, 11) is 0. The van der Waals surface area contributed by atoms with Crippen molar-refractivity contribution in [2.24, 2.45) is 0 Å². The first-order valence-corrected chi connectivity index (χ1v) is 10.3. The van der Waals surface area contributed by atoms with Gasteiger partial charge in [0.1, 0.15) is 6.04 Å². The van der Waals surface area contributed by atoms with Gasteiger partial charge in [-0.05, 0) is 48.7 Å². The molecule has 10 heteroatoms. The number of halogens is 1. The van der Waals surface area contributed by atoms with Gasteiger partial charge in [-0.25, -0.2) is 4.79 Å². The molecule has 0 saturated carbocycles. The van der Waals surface area contributed by atoms with E-state index in [4.69, 9.17) is 11.6 Å².